The first-order chi connectivity index (χ1) is 9.77. The molecule has 1 heterocycles. The van der Waals surface area contributed by atoms with E-state index in [0.29, 0.717) is 0 Å². The van der Waals surface area contributed by atoms with Gasteiger partial charge in [-0.1, -0.05) is 23.2 Å². The smallest absolute Gasteiger partial charge is 0.319 e. The summed E-state index contributed by atoms with van der Waals surface area (Å²) in [5.41, 5.74) is -1.26. The average molecular weight is 336 g/mol. The van der Waals surface area contributed by atoms with Gasteiger partial charge in [0.1, 0.15) is 10.8 Å². The molecule has 21 heavy (non-hydrogen) atoms. The SMILES string of the molecule is O=C(Nc1cc(C(F)(F)F)ccc1Cl)c1cncc(Cl)n1. The first-order valence-corrected chi connectivity index (χ1v) is 6.18. The van der Waals surface area contributed by atoms with E-state index in [9.17, 15) is 18.0 Å². The second-order valence-electron chi connectivity index (χ2n) is 3.87. The molecule has 1 aromatic heterocycles. The van der Waals surface area contributed by atoms with Gasteiger partial charge in [0.15, 0.2) is 0 Å². The molecule has 2 rings (SSSR count). The topological polar surface area (TPSA) is 54.9 Å². The number of benzene rings is 1. The van der Waals surface area contributed by atoms with Crippen LogP contribution in [0.1, 0.15) is 16.1 Å². The highest BCUT2D eigenvalue weighted by Gasteiger charge is 2.31. The van der Waals surface area contributed by atoms with Crippen molar-refractivity contribution in [2.24, 2.45) is 0 Å². The second-order valence-corrected chi connectivity index (χ2v) is 4.67. The third-order valence-electron chi connectivity index (χ3n) is 2.38. The summed E-state index contributed by atoms with van der Waals surface area (Å²) in [6, 6.07) is 2.60. The molecule has 2 aromatic rings. The molecule has 110 valence electrons. The molecule has 0 radical (unpaired) electrons. The minimum absolute atomic E-state index is 0.0159. The molecular formula is C12H6Cl2F3N3O. The van der Waals surface area contributed by atoms with Crippen LogP contribution in [0.2, 0.25) is 10.2 Å². The van der Waals surface area contributed by atoms with Gasteiger partial charge in [-0.3, -0.25) is 9.78 Å². The van der Waals surface area contributed by atoms with Gasteiger partial charge >= 0.3 is 6.18 Å². The number of aromatic nitrogens is 2. The lowest BCUT2D eigenvalue weighted by atomic mass is 10.2. The van der Waals surface area contributed by atoms with Gasteiger partial charge in [0, 0.05) is 0 Å². The first-order valence-electron chi connectivity index (χ1n) is 5.43. The molecule has 0 fully saturated rings. The number of carbonyl (C=O) groups is 1. The average Bonchev–Trinajstić information content (AvgIpc) is 2.40. The summed E-state index contributed by atoms with van der Waals surface area (Å²) in [6.45, 7) is 0. The molecule has 0 aliphatic carbocycles. The van der Waals surface area contributed by atoms with Crippen molar-refractivity contribution in [1.29, 1.82) is 0 Å². The van der Waals surface area contributed by atoms with Gasteiger partial charge in [-0.25, -0.2) is 4.98 Å². The molecule has 0 saturated carbocycles. The van der Waals surface area contributed by atoms with E-state index in [1.807, 2.05) is 0 Å². The summed E-state index contributed by atoms with van der Waals surface area (Å²) >= 11 is 11.3. The van der Waals surface area contributed by atoms with E-state index in [0.717, 1.165) is 24.4 Å². The lowest BCUT2D eigenvalue weighted by molar-refractivity contribution is -0.137. The van der Waals surface area contributed by atoms with Gasteiger partial charge in [-0.15, -0.1) is 0 Å². The summed E-state index contributed by atoms with van der Waals surface area (Å²) in [4.78, 5) is 19.2. The largest absolute Gasteiger partial charge is 0.416 e. The van der Waals surface area contributed by atoms with Crippen LogP contribution >= 0.6 is 23.2 Å². The Morgan fingerprint density at radius 2 is 1.90 bits per heavy atom. The molecule has 0 aliphatic heterocycles. The van der Waals surface area contributed by atoms with Crippen LogP contribution in [-0.4, -0.2) is 15.9 Å². The van der Waals surface area contributed by atoms with E-state index >= 15 is 0 Å². The Morgan fingerprint density at radius 3 is 2.52 bits per heavy atom. The molecule has 0 spiro atoms. The van der Waals surface area contributed by atoms with Gasteiger partial charge in [0.05, 0.1) is 28.7 Å². The lowest BCUT2D eigenvalue weighted by Gasteiger charge is -2.11. The summed E-state index contributed by atoms with van der Waals surface area (Å²) in [6.07, 6.45) is -2.20. The van der Waals surface area contributed by atoms with E-state index in [1.165, 1.54) is 6.20 Å². The highest BCUT2D eigenvalue weighted by atomic mass is 35.5. The highest BCUT2D eigenvalue weighted by molar-refractivity contribution is 6.34. The number of nitrogens with one attached hydrogen (secondary N) is 1. The number of carbonyl (C=O) groups excluding carboxylic acids is 1. The molecule has 1 amide bonds. The van der Waals surface area contributed by atoms with Crippen molar-refractivity contribution >= 4 is 34.8 Å². The van der Waals surface area contributed by atoms with E-state index in [1.54, 1.807) is 0 Å². The van der Waals surface area contributed by atoms with Crippen molar-refractivity contribution in [3.8, 4) is 0 Å². The predicted molar refractivity (Wildman–Crippen MR) is 71.4 cm³/mol. The second kappa shape index (κ2) is 5.87. The Balaban J connectivity index is 2.29. The maximum Gasteiger partial charge on any atom is 0.416 e. The van der Waals surface area contributed by atoms with Crippen molar-refractivity contribution in [3.63, 3.8) is 0 Å². The van der Waals surface area contributed by atoms with Gasteiger partial charge in [-0.2, -0.15) is 13.2 Å². The van der Waals surface area contributed by atoms with Crippen LogP contribution in [0.4, 0.5) is 18.9 Å². The number of hydrogen-bond donors (Lipinski definition) is 1. The summed E-state index contributed by atoms with van der Waals surface area (Å²) in [7, 11) is 0. The standard InChI is InChI=1S/C12H6Cl2F3N3O/c13-7-2-1-6(12(15,16)17)3-8(7)20-11(21)9-4-18-5-10(14)19-9/h1-5H,(H,20,21). The summed E-state index contributed by atoms with van der Waals surface area (Å²) < 4.78 is 37.9. The fourth-order valence-electron chi connectivity index (χ4n) is 1.44. The molecule has 0 atom stereocenters. The highest BCUT2D eigenvalue weighted by Crippen LogP contribution is 2.33. The number of nitrogens with zero attached hydrogens (tertiary/aromatic N) is 2. The molecule has 9 heteroatoms. The number of hydrogen-bond acceptors (Lipinski definition) is 3. The van der Waals surface area contributed by atoms with Crippen molar-refractivity contribution in [3.05, 3.63) is 52.0 Å². The van der Waals surface area contributed by atoms with Crippen LogP contribution in [0.5, 0.6) is 0 Å². The minimum atomic E-state index is -4.54. The van der Waals surface area contributed by atoms with E-state index in [2.05, 4.69) is 15.3 Å². The van der Waals surface area contributed by atoms with Crippen LogP contribution < -0.4 is 5.32 Å². The Labute approximate surface area is 126 Å². The van der Waals surface area contributed by atoms with Crippen molar-refractivity contribution in [2.75, 3.05) is 5.32 Å². The third kappa shape index (κ3) is 3.83. The monoisotopic (exact) mass is 335 g/mol. The molecule has 1 aromatic carbocycles. The zero-order chi connectivity index (χ0) is 15.6. The fourth-order valence-corrected chi connectivity index (χ4v) is 1.75. The maximum absolute atomic E-state index is 12.6. The quantitative estimate of drug-likeness (QED) is 0.900. The number of amides is 1. The number of anilines is 1. The van der Waals surface area contributed by atoms with Crippen molar-refractivity contribution in [2.45, 2.75) is 6.18 Å². The predicted octanol–water partition coefficient (Wildman–Crippen LogP) is 4.05. The van der Waals surface area contributed by atoms with E-state index in [-0.39, 0.29) is 21.6 Å². The van der Waals surface area contributed by atoms with E-state index in [4.69, 9.17) is 23.2 Å². The van der Waals surface area contributed by atoms with Crippen molar-refractivity contribution < 1.29 is 18.0 Å². The van der Waals surface area contributed by atoms with Crippen LogP contribution in [0.3, 0.4) is 0 Å². The normalized spacial score (nSPS) is 11.3. The summed E-state index contributed by atoms with van der Waals surface area (Å²) in [5.74, 6) is -0.772. The molecule has 4 nitrogen and oxygen atoms in total. The summed E-state index contributed by atoms with van der Waals surface area (Å²) in [5, 5.41) is 2.18. The van der Waals surface area contributed by atoms with Crippen LogP contribution in [0.15, 0.2) is 30.6 Å². The fraction of sp³-hybridized carbons (Fsp3) is 0.0833. The number of alkyl halides is 3. The number of rotatable bonds is 2. The van der Waals surface area contributed by atoms with Crippen LogP contribution in [0.25, 0.3) is 0 Å². The molecule has 1 N–H and O–H groups in total. The maximum atomic E-state index is 12.6. The molecule has 0 saturated heterocycles. The third-order valence-corrected chi connectivity index (χ3v) is 2.89. The van der Waals surface area contributed by atoms with Gasteiger partial charge in [0.25, 0.3) is 5.91 Å². The minimum Gasteiger partial charge on any atom is -0.319 e. The lowest BCUT2D eigenvalue weighted by Crippen LogP contribution is -2.15. The van der Waals surface area contributed by atoms with E-state index < -0.39 is 17.6 Å². The Kier molecular flexibility index (Phi) is 4.34. The number of halogens is 5. The Hall–Kier alpha value is -1.86. The van der Waals surface area contributed by atoms with Gasteiger partial charge in [-0.05, 0) is 18.2 Å². The van der Waals surface area contributed by atoms with Crippen LogP contribution in [-0.2, 0) is 6.18 Å². The zero-order valence-corrected chi connectivity index (χ0v) is 11.6. The Bertz CT molecular complexity index is 692. The van der Waals surface area contributed by atoms with Crippen molar-refractivity contribution in [1.82, 2.24) is 9.97 Å². The van der Waals surface area contributed by atoms with Gasteiger partial charge < -0.3 is 5.32 Å². The molecule has 0 aliphatic rings. The first kappa shape index (κ1) is 15.5. The molecular weight excluding hydrogens is 330 g/mol. The van der Waals surface area contributed by atoms with Gasteiger partial charge in [0.2, 0.25) is 0 Å². The van der Waals surface area contributed by atoms with Crippen LogP contribution in [0, 0.1) is 0 Å². The molecule has 0 bridgehead atoms. The zero-order valence-electron chi connectivity index (χ0n) is 10.1. The molecule has 0 unspecified atom stereocenters. The Morgan fingerprint density at radius 1 is 1.19 bits per heavy atom.